The van der Waals surface area contributed by atoms with Gasteiger partial charge in [0.15, 0.2) is 0 Å². The lowest BCUT2D eigenvalue weighted by molar-refractivity contribution is -0.122. The van der Waals surface area contributed by atoms with E-state index in [9.17, 15) is 4.79 Å². The number of nitrogens with zero attached hydrogens (tertiary/aromatic N) is 2. The van der Waals surface area contributed by atoms with E-state index in [-0.39, 0.29) is 5.91 Å². The van der Waals surface area contributed by atoms with Crippen molar-refractivity contribution < 1.29 is 9.53 Å². The van der Waals surface area contributed by atoms with Crippen LogP contribution in [0.5, 0.6) is 0 Å². The first-order valence-corrected chi connectivity index (χ1v) is 8.91. The van der Waals surface area contributed by atoms with E-state index in [0.29, 0.717) is 19.7 Å². The van der Waals surface area contributed by atoms with Gasteiger partial charge in [0, 0.05) is 57.5 Å². The lowest BCUT2D eigenvalue weighted by Crippen LogP contribution is -2.49. The van der Waals surface area contributed by atoms with E-state index >= 15 is 0 Å². The summed E-state index contributed by atoms with van der Waals surface area (Å²) < 4.78 is 6.10. The molecule has 1 heterocycles. The van der Waals surface area contributed by atoms with Gasteiger partial charge in [-0.3, -0.25) is 14.6 Å². The Labute approximate surface area is 147 Å². The molecular weight excluding hydrogens is 358 g/mol. The number of carbonyl (C=O) groups excluding carboxylic acids is 1. The maximum Gasteiger partial charge on any atom is 0.234 e. The maximum absolute atomic E-state index is 11.9. The zero-order chi connectivity index (χ0) is 16.5. The summed E-state index contributed by atoms with van der Waals surface area (Å²) in [5, 5.41) is 2.94. The average molecular weight is 384 g/mol. The van der Waals surface area contributed by atoms with Gasteiger partial charge in [-0.25, -0.2) is 0 Å². The van der Waals surface area contributed by atoms with Crippen molar-refractivity contribution in [2.24, 2.45) is 0 Å². The number of methoxy groups -OCH3 is 1. The van der Waals surface area contributed by atoms with Crippen LogP contribution in [-0.4, -0.2) is 68.7 Å². The fourth-order valence-electron chi connectivity index (χ4n) is 2.70. The molecule has 0 bridgehead atoms. The van der Waals surface area contributed by atoms with E-state index in [2.05, 4.69) is 49.2 Å². The number of ether oxygens (including phenoxy) is 1. The van der Waals surface area contributed by atoms with Crippen LogP contribution in [0.2, 0.25) is 0 Å². The predicted octanol–water partition coefficient (Wildman–Crippen LogP) is 1.72. The molecule has 1 aliphatic rings. The van der Waals surface area contributed by atoms with Crippen LogP contribution in [0.25, 0.3) is 0 Å². The van der Waals surface area contributed by atoms with Gasteiger partial charge in [-0.1, -0.05) is 28.1 Å². The molecule has 0 saturated carbocycles. The van der Waals surface area contributed by atoms with E-state index in [0.717, 1.165) is 43.6 Å². The van der Waals surface area contributed by atoms with Crippen molar-refractivity contribution in [1.82, 2.24) is 15.1 Å². The predicted molar refractivity (Wildman–Crippen MR) is 95.4 cm³/mol. The van der Waals surface area contributed by atoms with Crippen molar-refractivity contribution in [3.8, 4) is 0 Å². The van der Waals surface area contributed by atoms with Crippen LogP contribution in [0.15, 0.2) is 28.7 Å². The lowest BCUT2D eigenvalue weighted by atomic mass is 10.2. The van der Waals surface area contributed by atoms with Crippen LogP contribution in [0.4, 0.5) is 0 Å². The van der Waals surface area contributed by atoms with Gasteiger partial charge in [0.25, 0.3) is 0 Å². The quantitative estimate of drug-likeness (QED) is 0.694. The summed E-state index contributed by atoms with van der Waals surface area (Å²) in [6.07, 6.45) is 0.864. The molecule has 2 rings (SSSR count). The molecule has 0 aromatic heterocycles. The topological polar surface area (TPSA) is 44.8 Å². The second-order valence-corrected chi connectivity index (χ2v) is 6.79. The number of hydrogen-bond acceptors (Lipinski definition) is 4. The minimum absolute atomic E-state index is 0.113. The Morgan fingerprint density at radius 1 is 1.26 bits per heavy atom. The van der Waals surface area contributed by atoms with Gasteiger partial charge < -0.3 is 10.1 Å². The Hall–Kier alpha value is -0.950. The summed E-state index contributed by atoms with van der Waals surface area (Å²) in [6, 6.07) is 8.45. The molecule has 128 valence electrons. The van der Waals surface area contributed by atoms with Gasteiger partial charge in [-0.2, -0.15) is 0 Å². The molecule has 1 aromatic rings. The van der Waals surface area contributed by atoms with E-state index in [1.165, 1.54) is 5.56 Å². The van der Waals surface area contributed by atoms with Crippen LogP contribution in [0.1, 0.15) is 12.0 Å². The van der Waals surface area contributed by atoms with E-state index in [1.807, 2.05) is 6.07 Å². The lowest BCUT2D eigenvalue weighted by Gasteiger charge is -2.34. The summed E-state index contributed by atoms with van der Waals surface area (Å²) in [6.45, 7) is 6.74. The van der Waals surface area contributed by atoms with E-state index in [1.54, 1.807) is 7.11 Å². The third-order valence-corrected chi connectivity index (χ3v) is 4.47. The van der Waals surface area contributed by atoms with Crippen LogP contribution >= 0.6 is 15.9 Å². The Balaban J connectivity index is 1.64. The monoisotopic (exact) mass is 383 g/mol. The smallest absolute Gasteiger partial charge is 0.234 e. The van der Waals surface area contributed by atoms with Crippen LogP contribution in [-0.2, 0) is 16.1 Å². The fourth-order valence-corrected chi connectivity index (χ4v) is 3.15. The minimum atomic E-state index is 0.113. The number of amides is 1. The molecule has 1 saturated heterocycles. The molecular formula is C17H26BrN3O2. The van der Waals surface area contributed by atoms with Gasteiger partial charge in [0.05, 0.1) is 6.54 Å². The van der Waals surface area contributed by atoms with Crippen molar-refractivity contribution in [2.45, 2.75) is 13.0 Å². The number of halogens is 1. The molecule has 1 amide bonds. The first kappa shape index (κ1) is 18.4. The number of nitrogens with one attached hydrogen (secondary N) is 1. The molecule has 6 heteroatoms. The van der Waals surface area contributed by atoms with Crippen LogP contribution in [0.3, 0.4) is 0 Å². The Morgan fingerprint density at radius 2 is 2.00 bits per heavy atom. The van der Waals surface area contributed by atoms with Gasteiger partial charge in [0.1, 0.15) is 0 Å². The normalized spacial score (nSPS) is 16.4. The van der Waals surface area contributed by atoms with Gasteiger partial charge >= 0.3 is 0 Å². The zero-order valence-corrected chi connectivity index (χ0v) is 15.3. The highest BCUT2D eigenvalue weighted by Crippen LogP contribution is 2.14. The molecule has 0 unspecified atom stereocenters. The molecule has 1 N–H and O–H groups in total. The van der Waals surface area contributed by atoms with Crippen LogP contribution in [0, 0.1) is 0 Å². The Morgan fingerprint density at radius 3 is 2.70 bits per heavy atom. The average Bonchev–Trinajstić information content (AvgIpc) is 2.54. The molecule has 1 fully saturated rings. The highest BCUT2D eigenvalue weighted by Gasteiger charge is 2.18. The summed E-state index contributed by atoms with van der Waals surface area (Å²) in [7, 11) is 1.68. The highest BCUT2D eigenvalue weighted by atomic mass is 79.9. The van der Waals surface area contributed by atoms with E-state index < -0.39 is 0 Å². The molecule has 1 aliphatic heterocycles. The maximum atomic E-state index is 11.9. The molecule has 0 spiro atoms. The van der Waals surface area contributed by atoms with Crippen molar-refractivity contribution in [2.75, 3.05) is 53.0 Å². The molecule has 0 radical (unpaired) electrons. The summed E-state index contributed by atoms with van der Waals surface area (Å²) in [5.41, 5.74) is 1.32. The molecule has 5 nitrogen and oxygen atoms in total. The molecule has 1 aromatic carbocycles. The number of carbonyl (C=O) groups is 1. The molecule has 0 aliphatic carbocycles. The SMILES string of the molecule is COCCCNC(=O)CN1CCN(Cc2cccc(Br)c2)CC1. The minimum Gasteiger partial charge on any atom is -0.385 e. The third kappa shape index (κ3) is 6.99. The van der Waals surface area contributed by atoms with Gasteiger partial charge in [-0.15, -0.1) is 0 Å². The fraction of sp³-hybridized carbons (Fsp3) is 0.588. The second kappa shape index (κ2) is 10.0. The zero-order valence-electron chi connectivity index (χ0n) is 13.8. The summed E-state index contributed by atoms with van der Waals surface area (Å²) in [5.74, 6) is 0.113. The van der Waals surface area contributed by atoms with Crippen LogP contribution < -0.4 is 5.32 Å². The summed E-state index contributed by atoms with van der Waals surface area (Å²) in [4.78, 5) is 16.5. The van der Waals surface area contributed by atoms with E-state index in [4.69, 9.17) is 4.74 Å². The Bertz CT molecular complexity index is 490. The third-order valence-electron chi connectivity index (χ3n) is 3.97. The molecule has 0 atom stereocenters. The van der Waals surface area contributed by atoms with Gasteiger partial charge in [0.2, 0.25) is 5.91 Å². The van der Waals surface area contributed by atoms with Gasteiger partial charge in [-0.05, 0) is 24.1 Å². The largest absolute Gasteiger partial charge is 0.385 e. The number of piperazine rings is 1. The van der Waals surface area contributed by atoms with Crippen molar-refractivity contribution in [3.63, 3.8) is 0 Å². The summed E-state index contributed by atoms with van der Waals surface area (Å²) >= 11 is 3.51. The number of benzene rings is 1. The van der Waals surface area contributed by atoms with Crippen molar-refractivity contribution >= 4 is 21.8 Å². The van der Waals surface area contributed by atoms with Crippen molar-refractivity contribution in [1.29, 1.82) is 0 Å². The standard InChI is InChI=1S/C17H26BrN3O2/c1-23-11-3-6-19-17(22)14-21-9-7-20(8-10-21)13-15-4-2-5-16(18)12-15/h2,4-5,12H,3,6-11,13-14H2,1H3,(H,19,22). The highest BCUT2D eigenvalue weighted by molar-refractivity contribution is 9.10. The second-order valence-electron chi connectivity index (χ2n) is 5.88. The van der Waals surface area contributed by atoms with Crippen molar-refractivity contribution in [3.05, 3.63) is 34.3 Å². The first-order chi connectivity index (χ1) is 11.2. The number of rotatable bonds is 8. The first-order valence-electron chi connectivity index (χ1n) is 8.12. The molecule has 23 heavy (non-hydrogen) atoms. The number of hydrogen-bond donors (Lipinski definition) is 1. The Kier molecular flexibility index (Phi) is 8.02.